The third kappa shape index (κ3) is 2.99. The predicted octanol–water partition coefficient (Wildman–Crippen LogP) is 4.07. The molecular weight excluding hydrogens is 302 g/mol. The summed E-state index contributed by atoms with van der Waals surface area (Å²) in [6.45, 7) is 2.13. The Morgan fingerprint density at radius 2 is 1.89 bits per heavy atom. The van der Waals surface area contributed by atoms with Gasteiger partial charge in [-0.25, -0.2) is 0 Å². The van der Waals surface area contributed by atoms with E-state index in [2.05, 4.69) is 58.5 Å². The van der Waals surface area contributed by atoms with Crippen molar-refractivity contribution < 1.29 is 4.74 Å². The van der Waals surface area contributed by atoms with Crippen LogP contribution in [0.5, 0.6) is 5.75 Å². The van der Waals surface area contributed by atoms with E-state index in [4.69, 9.17) is 4.74 Å². The van der Waals surface area contributed by atoms with Gasteiger partial charge in [-0.05, 0) is 48.9 Å². The number of nitrogens with one attached hydrogen (secondary N) is 1. The summed E-state index contributed by atoms with van der Waals surface area (Å²) in [5.41, 5.74) is 3.72. The highest BCUT2D eigenvalue weighted by atomic mass is 79.9. The van der Waals surface area contributed by atoms with Crippen molar-refractivity contribution in [1.29, 1.82) is 0 Å². The molecule has 1 atom stereocenters. The van der Waals surface area contributed by atoms with Crippen LogP contribution < -0.4 is 10.1 Å². The molecule has 2 aromatic carbocycles. The minimum Gasteiger partial charge on any atom is -0.497 e. The molecule has 0 radical (unpaired) electrons. The highest BCUT2D eigenvalue weighted by Crippen LogP contribution is 2.30. The Morgan fingerprint density at radius 3 is 2.58 bits per heavy atom. The Hall–Kier alpha value is -1.32. The number of hydrogen-bond acceptors (Lipinski definition) is 2. The lowest BCUT2D eigenvalue weighted by Crippen LogP contribution is -2.18. The zero-order valence-electron chi connectivity index (χ0n) is 11.4. The Morgan fingerprint density at radius 1 is 1.16 bits per heavy atom. The van der Waals surface area contributed by atoms with Gasteiger partial charge in [0.25, 0.3) is 0 Å². The fourth-order valence-corrected chi connectivity index (χ4v) is 2.64. The maximum atomic E-state index is 5.30. The van der Waals surface area contributed by atoms with Crippen molar-refractivity contribution >= 4 is 15.9 Å². The normalized spacial score (nSPS) is 12.2. The average Bonchev–Trinajstić information content (AvgIpc) is 2.44. The zero-order chi connectivity index (χ0) is 13.8. The van der Waals surface area contributed by atoms with Crippen LogP contribution in [0.2, 0.25) is 0 Å². The van der Waals surface area contributed by atoms with Crippen LogP contribution in [0.4, 0.5) is 0 Å². The second-order valence-electron chi connectivity index (χ2n) is 4.45. The molecule has 3 heteroatoms. The summed E-state index contributed by atoms with van der Waals surface area (Å²) < 4.78 is 6.43. The molecule has 19 heavy (non-hydrogen) atoms. The molecule has 2 nitrogen and oxygen atoms in total. The van der Waals surface area contributed by atoms with E-state index in [9.17, 15) is 0 Å². The maximum absolute atomic E-state index is 5.30. The van der Waals surface area contributed by atoms with E-state index in [-0.39, 0.29) is 6.04 Å². The summed E-state index contributed by atoms with van der Waals surface area (Å²) >= 11 is 3.59. The second-order valence-corrected chi connectivity index (χ2v) is 5.31. The standard InChI is InChI=1S/C16H18BrNO/c1-11-14(8-5-9-15(11)17)16(18-2)12-6-4-7-13(10-12)19-3/h4-10,16,18H,1-3H3. The lowest BCUT2D eigenvalue weighted by Gasteiger charge is -2.20. The minimum absolute atomic E-state index is 0.160. The van der Waals surface area contributed by atoms with Crippen molar-refractivity contribution in [3.8, 4) is 5.75 Å². The van der Waals surface area contributed by atoms with Gasteiger partial charge in [0.2, 0.25) is 0 Å². The Balaban J connectivity index is 2.46. The number of methoxy groups -OCH3 is 1. The molecule has 1 N–H and O–H groups in total. The van der Waals surface area contributed by atoms with Gasteiger partial charge in [0.15, 0.2) is 0 Å². The Labute approximate surface area is 122 Å². The van der Waals surface area contributed by atoms with Gasteiger partial charge in [-0.15, -0.1) is 0 Å². The van der Waals surface area contributed by atoms with E-state index in [1.165, 1.54) is 16.7 Å². The topological polar surface area (TPSA) is 21.3 Å². The molecule has 0 aliphatic rings. The van der Waals surface area contributed by atoms with Crippen LogP contribution in [-0.4, -0.2) is 14.2 Å². The maximum Gasteiger partial charge on any atom is 0.119 e. The minimum atomic E-state index is 0.160. The van der Waals surface area contributed by atoms with Crippen LogP contribution in [0.3, 0.4) is 0 Å². The van der Waals surface area contributed by atoms with Crippen LogP contribution in [0.15, 0.2) is 46.9 Å². The molecular formula is C16H18BrNO. The van der Waals surface area contributed by atoms with E-state index >= 15 is 0 Å². The summed E-state index contributed by atoms with van der Waals surface area (Å²) in [7, 11) is 3.67. The fraction of sp³-hybridized carbons (Fsp3) is 0.250. The smallest absolute Gasteiger partial charge is 0.119 e. The first-order valence-corrected chi connectivity index (χ1v) is 7.03. The van der Waals surface area contributed by atoms with Crippen molar-refractivity contribution in [3.63, 3.8) is 0 Å². The quantitative estimate of drug-likeness (QED) is 0.917. The lowest BCUT2D eigenvalue weighted by atomic mass is 9.95. The molecule has 0 aliphatic heterocycles. The Bertz CT molecular complexity index is 568. The largest absolute Gasteiger partial charge is 0.497 e. The number of halogens is 1. The highest BCUT2D eigenvalue weighted by Gasteiger charge is 2.15. The number of hydrogen-bond donors (Lipinski definition) is 1. The fourth-order valence-electron chi connectivity index (χ4n) is 2.26. The first-order valence-electron chi connectivity index (χ1n) is 6.23. The summed E-state index contributed by atoms with van der Waals surface area (Å²) in [6, 6.07) is 14.6. The van der Waals surface area contributed by atoms with Crippen LogP contribution in [0, 0.1) is 6.92 Å². The molecule has 0 heterocycles. The van der Waals surface area contributed by atoms with Crippen molar-refractivity contribution in [2.45, 2.75) is 13.0 Å². The molecule has 0 spiro atoms. The summed E-state index contributed by atoms with van der Waals surface area (Å²) in [5.74, 6) is 0.880. The molecule has 0 fully saturated rings. The molecule has 0 saturated carbocycles. The first kappa shape index (κ1) is 14.1. The van der Waals surface area contributed by atoms with Gasteiger partial charge in [-0.2, -0.15) is 0 Å². The van der Waals surface area contributed by atoms with Gasteiger partial charge in [-0.1, -0.05) is 40.2 Å². The predicted molar refractivity (Wildman–Crippen MR) is 82.8 cm³/mol. The van der Waals surface area contributed by atoms with Crippen LogP contribution in [0.25, 0.3) is 0 Å². The van der Waals surface area contributed by atoms with Gasteiger partial charge in [-0.3, -0.25) is 0 Å². The number of rotatable bonds is 4. The zero-order valence-corrected chi connectivity index (χ0v) is 13.0. The SMILES string of the molecule is CNC(c1cccc(OC)c1)c1cccc(Br)c1C. The molecule has 0 aliphatic carbocycles. The van der Waals surface area contributed by atoms with Gasteiger partial charge >= 0.3 is 0 Å². The van der Waals surface area contributed by atoms with E-state index in [1.54, 1.807) is 7.11 Å². The molecule has 0 saturated heterocycles. The molecule has 1 unspecified atom stereocenters. The molecule has 2 rings (SSSR count). The van der Waals surface area contributed by atoms with Crippen molar-refractivity contribution in [1.82, 2.24) is 5.32 Å². The third-order valence-corrected chi connectivity index (χ3v) is 4.20. The van der Waals surface area contributed by atoms with E-state index in [0.29, 0.717) is 0 Å². The number of ether oxygens (including phenoxy) is 1. The van der Waals surface area contributed by atoms with E-state index < -0.39 is 0 Å². The van der Waals surface area contributed by atoms with Gasteiger partial charge in [0, 0.05) is 4.47 Å². The van der Waals surface area contributed by atoms with Crippen molar-refractivity contribution in [2.75, 3.05) is 14.2 Å². The van der Waals surface area contributed by atoms with E-state index in [1.807, 2.05) is 19.2 Å². The third-order valence-electron chi connectivity index (χ3n) is 3.34. The summed E-state index contributed by atoms with van der Waals surface area (Å²) in [6.07, 6.45) is 0. The van der Waals surface area contributed by atoms with Gasteiger partial charge in [0.05, 0.1) is 13.2 Å². The molecule has 100 valence electrons. The Kier molecular flexibility index (Phi) is 4.61. The second kappa shape index (κ2) is 6.22. The van der Waals surface area contributed by atoms with Gasteiger partial charge in [0.1, 0.15) is 5.75 Å². The van der Waals surface area contributed by atoms with Gasteiger partial charge < -0.3 is 10.1 Å². The molecule has 0 aromatic heterocycles. The monoisotopic (exact) mass is 319 g/mol. The first-order chi connectivity index (χ1) is 9.17. The molecule has 0 amide bonds. The average molecular weight is 320 g/mol. The van der Waals surface area contributed by atoms with Crippen molar-refractivity contribution in [2.24, 2.45) is 0 Å². The van der Waals surface area contributed by atoms with Crippen molar-refractivity contribution in [3.05, 3.63) is 63.6 Å². The highest BCUT2D eigenvalue weighted by molar-refractivity contribution is 9.10. The molecule has 2 aromatic rings. The summed E-state index contributed by atoms with van der Waals surface area (Å²) in [4.78, 5) is 0. The van der Waals surface area contributed by atoms with E-state index in [0.717, 1.165) is 10.2 Å². The summed E-state index contributed by atoms with van der Waals surface area (Å²) in [5, 5.41) is 3.38. The lowest BCUT2D eigenvalue weighted by molar-refractivity contribution is 0.414. The van der Waals surface area contributed by atoms with Crippen LogP contribution in [-0.2, 0) is 0 Å². The molecule has 0 bridgehead atoms. The number of benzene rings is 2. The van der Waals surface area contributed by atoms with Crippen LogP contribution in [0.1, 0.15) is 22.7 Å². The van der Waals surface area contributed by atoms with Crippen LogP contribution >= 0.6 is 15.9 Å².